The second kappa shape index (κ2) is 5.88. The number of benzene rings is 1. The molecule has 1 aromatic carbocycles. The van der Waals surface area contributed by atoms with Crippen molar-refractivity contribution in [1.29, 1.82) is 0 Å². The van der Waals surface area contributed by atoms with Gasteiger partial charge in [0.15, 0.2) is 17.2 Å². The van der Waals surface area contributed by atoms with Crippen LogP contribution in [0.5, 0.6) is 17.2 Å². The summed E-state index contributed by atoms with van der Waals surface area (Å²) in [5.41, 5.74) is 0. The van der Waals surface area contributed by atoms with E-state index < -0.39 is 0 Å². The molecule has 0 amide bonds. The van der Waals surface area contributed by atoms with Crippen molar-refractivity contribution in [3.63, 3.8) is 0 Å². The molecular weight excluding hydrogens is 254 g/mol. The second-order valence-corrected chi connectivity index (χ2v) is 4.72. The molecule has 5 nitrogen and oxygen atoms in total. The summed E-state index contributed by atoms with van der Waals surface area (Å²) in [6.07, 6.45) is 4.52. The summed E-state index contributed by atoms with van der Waals surface area (Å²) in [6, 6.07) is 7.51. The molecule has 3 rings (SSSR count). The van der Waals surface area contributed by atoms with Crippen LogP contribution in [-0.2, 0) is 0 Å². The van der Waals surface area contributed by atoms with Gasteiger partial charge >= 0.3 is 0 Å². The van der Waals surface area contributed by atoms with Gasteiger partial charge in [0.05, 0.1) is 19.5 Å². The summed E-state index contributed by atoms with van der Waals surface area (Å²) in [5.74, 6) is 3.26. The van der Waals surface area contributed by atoms with Gasteiger partial charge in [0.2, 0.25) is 0 Å². The molecule has 104 valence electrons. The number of rotatable bonds is 4. The van der Waals surface area contributed by atoms with Crippen LogP contribution in [0.15, 0.2) is 36.7 Å². The molecule has 1 unspecified atom stereocenters. The van der Waals surface area contributed by atoms with E-state index in [-0.39, 0.29) is 0 Å². The van der Waals surface area contributed by atoms with Crippen LogP contribution in [0.25, 0.3) is 0 Å². The maximum absolute atomic E-state index is 5.75. The minimum absolute atomic E-state index is 0.412. The molecule has 0 spiro atoms. The van der Waals surface area contributed by atoms with Crippen molar-refractivity contribution in [3.05, 3.63) is 42.5 Å². The van der Waals surface area contributed by atoms with Gasteiger partial charge < -0.3 is 14.8 Å². The summed E-state index contributed by atoms with van der Waals surface area (Å²) in [6.45, 7) is 1.99. The molecule has 0 bridgehead atoms. The fraction of sp³-hybridized carbons (Fsp3) is 0.333. The molecule has 1 fully saturated rings. The lowest BCUT2D eigenvalue weighted by molar-refractivity contribution is 0.377. The Labute approximate surface area is 118 Å². The SMILES string of the molecule is COc1ccccc1Oc1cnc(C2CCNC2)nc1. The number of nitrogens with one attached hydrogen (secondary N) is 1. The molecular formula is C15H17N3O2. The molecule has 1 aliphatic heterocycles. The maximum atomic E-state index is 5.75. The first-order valence-electron chi connectivity index (χ1n) is 6.70. The number of methoxy groups -OCH3 is 1. The largest absolute Gasteiger partial charge is 0.493 e. The lowest BCUT2D eigenvalue weighted by Gasteiger charge is -2.10. The Kier molecular flexibility index (Phi) is 3.78. The lowest BCUT2D eigenvalue weighted by Crippen LogP contribution is -2.10. The summed E-state index contributed by atoms with van der Waals surface area (Å²) in [4.78, 5) is 8.79. The third-order valence-corrected chi connectivity index (χ3v) is 3.37. The van der Waals surface area contributed by atoms with Crippen LogP contribution in [0.4, 0.5) is 0 Å². The topological polar surface area (TPSA) is 56.3 Å². The summed E-state index contributed by atoms with van der Waals surface area (Å²) < 4.78 is 11.0. The van der Waals surface area contributed by atoms with Crippen LogP contribution in [0, 0.1) is 0 Å². The molecule has 1 saturated heterocycles. The Morgan fingerprint density at radius 1 is 1.15 bits per heavy atom. The van der Waals surface area contributed by atoms with Crippen molar-refractivity contribution >= 4 is 0 Å². The van der Waals surface area contributed by atoms with Gasteiger partial charge in [-0.05, 0) is 25.1 Å². The first-order valence-corrected chi connectivity index (χ1v) is 6.70. The first kappa shape index (κ1) is 12.9. The third-order valence-electron chi connectivity index (χ3n) is 3.37. The van der Waals surface area contributed by atoms with Crippen LogP contribution < -0.4 is 14.8 Å². The Bertz CT molecular complexity index is 566. The van der Waals surface area contributed by atoms with Crippen LogP contribution in [0.1, 0.15) is 18.2 Å². The second-order valence-electron chi connectivity index (χ2n) is 4.72. The molecule has 2 heterocycles. The standard InChI is InChI=1S/C15H17N3O2/c1-19-13-4-2-3-5-14(13)20-12-9-17-15(18-10-12)11-6-7-16-8-11/h2-5,9-11,16H,6-8H2,1H3. The van der Waals surface area contributed by atoms with Crippen molar-refractivity contribution < 1.29 is 9.47 Å². The van der Waals surface area contributed by atoms with Gasteiger partial charge in [-0.15, -0.1) is 0 Å². The van der Waals surface area contributed by atoms with Crippen LogP contribution in [-0.4, -0.2) is 30.2 Å². The van der Waals surface area contributed by atoms with Gasteiger partial charge in [-0.3, -0.25) is 0 Å². The molecule has 0 saturated carbocycles. The van der Waals surface area contributed by atoms with E-state index in [1.54, 1.807) is 19.5 Å². The van der Waals surface area contributed by atoms with Crippen molar-refractivity contribution in [3.8, 4) is 17.2 Å². The molecule has 0 aliphatic carbocycles. The molecule has 1 N–H and O–H groups in total. The Morgan fingerprint density at radius 2 is 1.90 bits per heavy atom. The predicted molar refractivity (Wildman–Crippen MR) is 75.3 cm³/mol. The average molecular weight is 271 g/mol. The summed E-state index contributed by atoms with van der Waals surface area (Å²) in [5, 5.41) is 3.31. The van der Waals surface area contributed by atoms with Crippen LogP contribution in [0.2, 0.25) is 0 Å². The molecule has 1 aliphatic rings. The zero-order valence-corrected chi connectivity index (χ0v) is 11.4. The zero-order chi connectivity index (χ0) is 13.8. The highest BCUT2D eigenvalue weighted by molar-refractivity contribution is 5.41. The molecule has 1 atom stereocenters. The van der Waals surface area contributed by atoms with Gasteiger partial charge in [0, 0.05) is 12.5 Å². The first-order chi connectivity index (χ1) is 9.86. The predicted octanol–water partition coefficient (Wildman–Crippen LogP) is 2.35. The number of nitrogens with zero attached hydrogens (tertiary/aromatic N) is 2. The highest BCUT2D eigenvalue weighted by Crippen LogP contribution is 2.30. The van der Waals surface area contributed by atoms with E-state index in [1.165, 1.54) is 0 Å². The lowest BCUT2D eigenvalue weighted by atomic mass is 10.1. The fourth-order valence-corrected chi connectivity index (χ4v) is 2.29. The number of hydrogen-bond acceptors (Lipinski definition) is 5. The van der Waals surface area contributed by atoms with Gasteiger partial charge in [0.25, 0.3) is 0 Å². The summed E-state index contributed by atoms with van der Waals surface area (Å²) >= 11 is 0. The molecule has 1 aromatic heterocycles. The monoisotopic (exact) mass is 271 g/mol. The van der Waals surface area contributed by atoms with Gasteiger partial charge in [-0.25, -0.2) is 9.97 Å². The van der Waals surface area contributed by atoms with Crippen molar-refractivity contribution in [2.75, 3.05) is 20.2 Å². The van der Waals surface area contributed by atoms with Crippen LogP contribution in [0.3, 0.4) is 0 Å². The van der Waals surface area contributed by atoms with E-state index in [1.807, 2.05) is 24.3 Å². The number of hydrogen-bond donors (Lipinski definition) is 1. The van der Waals surface area contributed by atoms with E-state index in [4.69, 9.17) is 9.47 Å². The molecule has 20 heavy (non-hydrogen) atoms. The number of aromatic nitrogens is 2. The van der Waals surface area contributed by atoms with E-state index in [0.717, 1.165) is 25.3 Å². The van der Waals surface area contributed by atoms with Crippen molar-refractivity contribution in [2.24, 2.45) is 0 Å². The highest BCUT2D eigenvalue weighted by Gasteiger charge is 2.19. The Morgan fingerprint density at radius 3 is 2.55 bits per heavy atom. The third kappa shape index (κ3) is 2.72. The van der Waals surface area contributed by atoms with Gasteiger partial charge in [-0.2, -0.15) is 0 Å². The van der Waals surface area contributed by atoms with Crippen LogP contribution >= 0.6 is 0 Å². The Hall–Kier alpha value is -2.14. The average Bonchev–Trinajstić information content (AvgIpc) is 3.03. The minimum atomic E-state index is 0.412. The number of ether oxygens (including phenoxy) is 2. The van der Waals surface area contributed by atoms with Crippen molar-refractivity contribution in [2.45, 2.75) is 12.3 Å². The smallest absolute Gasteiger partial charge is 0.169 e. The number of para-hydroxylation sites is 2. The van der Waals surface area contributed by atoms with E-state index in [2.05, 4.69) is 15.3 Å². The van der Waals surface area contributed by atoms with E-state index >= 15 is 0 Å². The van der Waals surface area contributed by atoms with Crippen molar-refractivity contribution in [1.82, 2.24) is 15.3 Å². The fourth-order valence-electron chi connectivity index (χ4n) is 2.29. The molecule has 5 heteroatoms. The van der Waals surface area contributed by atoms with E-state index in [9.17, 15) is 0 Å². The minimum Gasteiger partial charge on any atom is -0.493 e. The summed E-state index contributed by atoms with van der Waals surface area (Å²) in [7, 11) is 1.62. The Balaban J connectivity index is 1.74. The highest BCUT2D eigenvalue weighted by atomic mass is 16.5. The van der Waals surface area contributed by atoms with Gasteiger partial charge in [-0.1, -0.05) is 12.1 Å². The zero-order valence-electron chi connectivity index (χ0n) is 11.4. The van der Waals surface area contributed by atoms with Gasteiger partial charge in [0.1, 0.15) is 5.82 Å². The quantitative estimate of drug-likeness (QED) is 0.925. The van der Waals surface area contributed by atoms with E-state index in [0.29, 0.717) is 23.2 Å². The molecule has 2 aromatic rings. The molecule has 0 radical (unpaired) electrons. The normalized spacial score (nSPS) is 17.9. The maximum Gasteiger partial charge on any atom is 0.169 e.